The maximum absolute atomic E-state index is 12.3. The first kappa shape index (κ1) is 19.2. The largest absolute Gasteiger partial charge is 0.410 e. The van der Waals surface area contributed by atoms with Gasteiger partial charge in [-0.15, -0.1) is 21.5 Å². The molecule has 4 rings (SSSR count). The molecule has 2 aromatic heterocycles. The first-order valence-electron chi connectivity index (χ1n) is 9.43. The topological polar surface area (TPSA) is 68.0 Å². The van der Waals surface area contributed by atoms with Gasteiger partial charge in [-0.1, -0.05) is 30.8 Å². The van der Waals surface area contributed by atoms with Crippen LogP contribution in [-0.2, 0) is 17.6 Å². The van der Waals surface area contributed by atoms with Crippen molar-refractivity contribution in [2.45, 2.75) is 45.3 Å². The Morgan fingerprint density at radius 2 is 2.18 bits per heavy atom. The Hall–Kier alpha value is -2.12. The van der Waals surface area contributed by atoms with E-state index in [2.05, 4.69) is 28.5 Å². The predicted molar refractivity (Wildman–Crippen MR) is 114 cm³/mol. The molecule has 0 aliphatic heterocycles. The number of carbonyl (C=O) groups excluding carboxylic acids is 1. The van der Waals surface area contributed by atoms with Crippen molar-refractivity contribution in [3.8, 4) is 10.8 Å². The van der Waals surface area contributed by atoms with Crippen molar-refractivity contribution < 1.29 is 9.21 Å². The second-order valence-electron chi connectivity index (χ2n) is 7.44. The number of thioether (sulfide) groups is 1. The van der Waals surface area contributed by atoms with Gasteiger partial charge >= 0.3 is 0 Å². The lowest BCUT2D eigenvalue weighted by atomic mass is 9.90. The maximum Gasteiger partial charge on any atom is 0.277 e. The fourth-order valence-electron chi connectivity index (χ4n) is 3.36. The highest BCUT2D eigenvalue weighted by atomic mass is 32.2. The van der Waals surface area contributed by atoms with E-state index in [1.54, 1.807) is 11.3 Å². The van der Waals surface area contributed by atoms with Crippen molar-refractivity contribution in [1.29, 1.82) is 0 Å². The Morgan fingerprint density at radius 1 is 1.32 bits per heavy atom. The molecule has 0 saturated carbocycles. The summed E-state index contributed by atoms with van der Waals surface area (Å²) >= 11 is 3.01. The summed E-state index contributed by atoms with van der Waals surface area (Å²) < 4.78 is 5.79. The molecule has 0 spiro atoms. The number of nitrogens with zero attached hydrogens (tertiary/aromatic N) is 2. The Bertz CT molecular complexity index is 1010. The molecule has 2 heterocycles. The number of aryl methyl sites for hydroxylation is 3. The molecule has 146 valence electrons. The predicted octanol–water partition coefficient (Wildman–Crippen LogP) is 5.27. The first-order chi connectivity index (χ1) is 13.5. The summed E-state index contributed by atoms with van der Waals surface area (Å²) in [5.41, 5.74) is 4.41. The fourth-order valence-corrected chi connectivity index (χ4v) is 5.06. The number of carbonyl (C=O) groups is 1. The van der Waals surface area contributed by atoms with Crippen LogP contribution in [0.4, 0.5) is 5.69 Å². The number of hydrogen-bond donors (Lipinski definition) is 1. The third-order valence-corrected chi connectivity index (χ3v) is 6.98. The van der Waals surface area contributed by atoms with Gasteiger partial charge in [-0.25, -0.2) is 0 Å². The van der Waals surface area contributed by atoms with E-state index in [1.807, 2.05) is 32.0 Å². The van der Waals surface area contributed by atoms with Gasteiger partial charge in [-0.2, -0.15) is 0 Å². The van der Waals surface area contributed by atoms with Crippen molar-refractivity contribution in [3.05, 3.63) is 45.8 Å². The molecule has 0 radical (unpaired) electrons. The average Bonchev–Trinajstić information content (AvgIpc) is 3.29. The van der Waals surface area contributed by atoms with E-state index >= 15 is 0 Å². The molecule has 1 amide bonds. The Labute approximate surface area is 173 Å². The molecule has 0 unspecified atom stereocenters. The monoisotopic (exact) mass is 413 g/mol. The average molecular weight is 414 g/mol. The Kier molecular flexibility index (Phi) is 5.55. The van der Waals surface area contributed by atoms with Crippen molar-refractivity contribution in [1.82, 2.24) is 10.2 Å². The Morgan fingerprint density at radius 3 is 3.04 bits per heavy atom. The number of nitrogens with one attached hydrogen (secondary N) is 1. The van der Waals surface area contributed by atoms with Crippen molar-refractivity contribution in [2.75, 3.05) is 11.1 Å². The molecule has 1 atom stereocenters. The minimum absolute atomic E-state index is 0.0842. The van der Waals surface area contributed by atoms with Gasteiger partial charge in [-0.3, -0.25) is 4.79 Å². The first-order valence-corrected chi connectivity index (χ1v) is 11.2. The zero-order chi connectivity index (χ0) is 19.7. The number of fused-ring (bicyclic) bond motifs is 1. The molecule has 1 aliphatic rings. The van der Waals surface area contributed by atoms with Crippen LogP contribution in [0.1, 0.15) is 34.9 Å². The summed E-state index contributed by atoms with van der Waals surface area (Å²) in [7, 11) is 0. The van der Waals surface area contributed by atoms with E-state index in [0.717, 1.165) is 40.5 Å². The molecular weight excluding hydrogens is 390 g/mol. The highest BCUT2D eigenvalue weighted by Gasteiger charge is 2.21. The third-order valence-electron chi connectivity index (χ3n) is 4.94. The van der Waals surface area contributed by atoms with Gasteiger partial charge in [0.05, 0.1) is 10.6 Å². The number of thiophene rings is 1. The zero-order valence-electron chi connectivity index (χ0n) is 16.2. The van der Waals surface area contributed by atoms with Gasteiger partial charge in [0, 0.05) is 10.6 Å². The lowest BCUT2D eigenvalue weighted by Gasteiger charge is -2.16. The van der Waals surface area contributed by atoms with Crippen LogP contribution in [0.2, 0.25) is 0 Å². The van der Waals surface area contributed by atoms with Gasteiger partial charge in [0.2, 0.25) is 5.91 Å². The van der Waals surface area contributed by atoms with E-state index in [4.69, 9.17) is 4.42 Å². The summed E-state index contributed by atoms with van der Waals surface area (Å²) in [6.45, 7) is 6.28. The van der Waals surface area contributed by atoms with Crippen molar-refractivity contribution >= 4 is 34.7 Å². The van der Waals surface area contributed by atoms with E-state index in [1.165, 1.54) is 28.6 Å². The van der Waals surface area contributed by atoms with E-state index < -0.39 is 0 Å². The van der Waals surface area contributed by atoms with Crippen LogP contribution in [0.5, 0.6) is 0 Å². The number of rotatable bonds is 5. The highest BCUT2D eigenvalue weighted by molar-refractivity contribution is 7.99. The van der Waals surface area contributed by atoms with E-state index in [9.17, 15) is 4.79 Å². The van der Waals surface area contributed by atoms with Crippen LogP contribution >= 0.6 is 23.1 Å². The summed E-state index contributed by atoms with van der Waals surface area (Å²) in [5, 5.41) is 11.6. The fraction of sp³-hybridized carbons (Fsp3) is 0.381. The van der Waals surface area contributed by atoms with Gasteiger partial charge in [0.25, 0.3) is 11.1 Å². The van der Waals surface area contributed by atoms with Crippen LogP contribution in [0.3, 0.4) is 0 Å². The maximum atomic E-state index is 12.3. The number of anilines is 1. The number of amides is 1. The summed E-state index contributed by atoms with van der Waals surface area (Å²) in [6.07, 6.45) is 3.50. The summed E-state index contributed by atoms with van der Waals surface area (Å²) in [5.74, 6) is 1.43. The molecule has 7 heteroatoms. The molecule has 1 N–H and O–H groups in total. The van der Waals surface area contributed by atoms with Gasteiger partial charge in [-0.05, 0) is 67.9 Å². The van der Waals surface area contributed by atoms with Crippen molar-refractivity contribution in [2.24, 2.45) is 5.92 Å². The van der Waals surface area contributed by atoms with Crippen molar-refractivity contribution in [3.63, 3.8) is 0 Å². The molecule has 0 fully saturated rings. The smallest absolute Gasteiger partial charge is 0.277 e. The van der Waals surface area contributed by atoms with Crippen LogP contribution in [0.15, 0.2) is 33.9 Å². The third kappa shape index (κ3) is 4.31. The van der Waals surface area contributed by atoms with Gasteiger partial charge < -0.3 is 9.73 Å². The number of benzene rings is 1. The molecule has 5 nitrogen and oxygen atoms in total. The lowest BCUT2D eigenvalue weighted by Crippen LogP contribution is -2.14. The van der Waals surface area contributed by atoms with Gasteiger partial charge in [0.1, 0.15) is 0 Å². The normalized spacial score (nSPS) is 16.0. The zero-order valence-corrected chi connectivity index (χ0v) is 17.9. The summed E-state index contributed by atoms with van der Waals surface area (Å²) in [6, 6.07) is 8.19. The minimum Gasteiger partial charge on any atom is -0.410 e. The van der Waals surface area contributed by atoms with Crippen LogP contribution < -0.4 is 5.32 Å². The standard InChI is InChI=1S/C21H23N3O2S2/c1-12-5-7-17-15(8-12)10-18(28-17)20-23-24-21(26-20)27-11-19(25)22-16-9-13(2)4-6-14(16)3/h4,6,9-10,12H,5,7-8,11H2,1-3H3,(H,22,25)/t12-/m0/s1. The Balaban J connectivity index is 1.37. The SMILES string of the molecule is Cc1ccc(C)c(NC(=O)CSc2nnc(-c3cc4c(s3)CC[C@H](C)C4)o2)c1. The van der Waals surface area contributed by atoms with E-state index in [-0.39, 0.29) is 11.7 Å². The number of hydrogen-bond acceptors (Lipinski definition) is 6. The van der Waals surface area contributed by atoms with E-state index in [0.29, 0.717) is 11.1 Å². The lowest BCUT2D eigenvalue weighted by molar-refractivity contribution is -0.113. The molecule has 0 bridgehead atoms. The van der Waals surface area contributed by atoms with Crippen LogP contribution in [0, 0.1) is 19.8 Å². The van der Waals surface area contributed by atoms with Crippen LogP contribution in [0.25, 0.3) is 10.8 Å². The molecule has 1 aliphatic carbocycles. The second-order valence-corrected chi connectivity index (χ2v) is 9.50. The van der Waals surface area contributed by atoms with Crippen LogP contribution in [-0.4, -0.2) is 21.9 Å². The summed E-state index contributed by atoms with van der Waals surface area (Å²) in [4.78, 5) is 14.7. The number of aromatic nitrogens is 2. The molecule has 3 aromatic rings. The molecule has 0 saturated heterocycles. The quantitative estimate of drug-likeness (QED) is 0.577. The van der Waals surface area contributed by atoms with Gasteiger partial charge in [0.15, 0.2) is 0 Å². The minimum atomic E-state index is -0.0842. The highest BCUT2D eigenvalue weighted by Crippen LogP contribution is 2.37. The molecule has 1 aromatic carbocycles. The second kappa shape index (κ2) is 8.09. The molecule has 28 heavy (non-hydrogen) atoms. The molecular formula is C21H23N3O2S2.